The van der Waals surface area contributed by atoms with Crippen LogP contribution in [0.3, 0.4) is 0 Å². The van der Waals surface area contributed by atoms with Gasteiger partial charge in [-0.2, -0.15) is 0 Å². The second kappa shape index (κ2) is 30.6. The van der Waals surface area contributed by atoms with E-state index in [2.05, 4.69) is 52.2 Å². The second-order valence-corrected chi connectivity index (χ2v) is 19.8. The summed E-state index contributed by atoms with van der Waals surface area (Å²) in [6, 6.07) is 8.41. The lowest BCUT2D eigenvalue weighted by Crippen LogP contribution is -2.59. The molecular weight excluding hydrogens is 979 g/mol. The number of carbonyl (C=O) groups is 9. The van der Waals surface area contributed by atoms with Crippen molar-refractivity contribution in [2.45, 2.75) is 148 Å². The molecule has 0 fully saturated rings. The molecule has 0 saturated heterocycles. The summed E-state index contributed by atoms with van der Waals surface area (Å²) in [7, 11) is 0. The molecule has 0 aliphatic carbocycles. The highest BCUT2D eigenvalue weighted by Crippen LogP contribution is 2.20. The summed E-state index contributed by atoms with van der Waals surface area (Å²) >= 11 is 0. The van der Waals surface area contributed by atoms with Crippen molar-refractivity contribution in [3.8, 4) is 0 Å². The highest BCUT2D eigenvalue weighted by Gasteiger charge is 2.33. The van der Waals surface area contributed by atoms with Crippen LogP contribution in [-0.2, 0) is 67.2 Å². The Bertz CT molecular complexity index is 2550. The zero-order chi connectivity index (χ0) is 55.9. The van der Waals surface area contributed by atoms with Crippen LogP contribution in [-0.4, -0.2) is 130 Å². The SMILES string of the molecule is CCCC[C@H](OC[C@H](CC(C)C)NC(=O)[C@H](Cc1cnc[nH]1)NC(=O)CNC(=O)[C@@H](NC(=O)[C@H](C)NC(=O)[C@H](Cc1c[nH]c2ccccc12)NC(=O)[C@H](CCC(N)=O)NC(=O)[C@H](N)Cc1ccccc1)C(C)C)C(N)=O. The number of unbranched alkanes of at least 4 members (excludes halogenated alkanes) is 1. The fraction of sp³-hybridized carbons (Fsp3) is 0.509. The molecule has 0 radical (unpaired) electrons. The van der Waals surface area contributed by atoms with Crippen molar-refractivity contribution >= 4 is 64.1 Å². The van der Waals surface area contributed by atoms with Gasteiger partial charge in [-0.05, 0) is 61.6 Å². The largest absolute Gasteiger partial charge is 0.370 e. The van der Waals surface area contributed by atoms with Crippen molar-refractivity contribution in [1.82, 2.24) is 52.2 Å². The number of carbonyl (C=O) groups excluding carboxylic acids is 9. The molecule has 4 rings (SSSR count). The van der Waals surface area contributed by atoms with E-state index in [4.69, 9.17) is 21.9 Å². The van der Waals surface area contributed by atoms with E-state index in [-0.39, 0.29) is 44.6 Å². The number of amides is 9. The van der Waals surface area contributed by atoms with Crippen molar-refractivity contribution < 1.29 is 47.9 Å². The van der Waals surface area contributed by atoms with E-state index in [9.17, 15) is 43.2 Å². The summed E-state index contributed by atoms with van der Waals surface area (Å²) < 4.78 is 5.88. The molecule has 0 bridgehead atoms. The number of imidazole rings is 1. The van der Waals surface area contributed by atoms with Gasteiger partial charge in [-0.15, -0.1) is 0 Å². The van der Waals surface area contributed by atoms with Gasteiger partial charge < -0.3 is 69.1 Å². The van der Waals surface area contributed by atoms with Gasteiger partial charge in [0, 0.05) is 48.3 Å². The minimum atomic E-state index is -1.34. The van der Waals surface area contributed by atoms with Crippen LogP contribution < -0.4 is 54.4 Å². The maximum atomic E-state index is 14.2. The van der Waals surface area contributed by atoms with E-state index in [0.29, 0.717) is 24.1 Å². The van der Waals surface area contributed by atoms with Crippen molar-refractivity contribution in [1.29, 1.82) is 0 Å². The average Bonchev–Trinajstić information content (AvgIpc) is 4.05. The van der Waals surface area contributed by atoms with Crippen LogP contribution in [0.5, 0.6) is 0 Å². The average molecular weight is 1060 g/mol. The van der Waals surface area contributed by atoms with Crippen molar-refractivity contribution in [3.63, 3.8) is 0 Å². The topological polar surface area (TPSA) is 370 Å². The number of H-pyrrole nitrogens is 2. The number of aromatic nitrogens is 3. The number of nitrogens with zero attached hydrogens (tertiary/aromatic N) is 1. The van der Waals surface area contributed by atoms with Gasteiger partial charge in [0.05, 0.1) is 31.6 Å². The number of rotatable bonds is 33. The van der Waals surface area contributed by atoms with E-state index in [1.807, 2.05) is 51.1 Å². The molecule has 2 heterocycles. The van der Waals surface area contributed by atoms with Crippen molar-refractivity contribution in [2.75, 3.05) is 13.2 Å². The lowest BCUT2D eigenvalue weighted by molar-refractivity contribution is -0.135. The Morgan fingerprint density at radius 2 is 1.34 bits per heavy atom. The Morgan fingerprint density at radius 1 is 0.684 bits per heavy atom. The minimum Gasteiger partial charge on any atom is -0.370 e. The third-order valence-corrected chi connectivity index (χ3v) is 12.5. The predicted molar refractivity (Wildman–Crippen MR) is 284 cm³/mol. The molecule has 4 aromatic rings. The Labute approximate surface area is 442 Å². The van der Waals surface area contributed by atoms with Crippen LogP contribution >= 0.6 is 0 Å². The van der Waals surface area contributed by atoms with Gasteiger partial charge in [-0.1, -0.05) is 96.0 Å². The number of para-hydroxylation sites is 1. The minimum absolute atomic E-state index is 0.00192. The molecule has 2 aromatic carbocycles. The highest BCUT2D eigenvalue weighted by atomic mass is 16.5. The van der Waals surface area contributed by atoms with Gasteiger partial charge in [0.25, 0.3) is 0 Å². The van der Waals surface area contributed by atoms with Gasteiger partial charge in [-0.3, -0.25) is 43.2 Å². The Morgan fingerprint density at radius 3 is 1.99 bits per heavy atom. The quantitative estimate of drug-likeness (QED) is 0.0307. The molecule has 15 N–H and O–H groups in total. The molecule has 0 saturated carbocycles. The predicted octanol–water partition coefficient (Wildman–Crippen LogP) is 0.319. The third kappa shape index (κ3) is 20.2. The maximum Gasteiger partial charge on any atom is 0.246 e. The summed E-state index contributed by atoms with van der Waals surface area (Å²) in [6.07, 6.45) is 5.88. The molecule has 23 nitrogen and oxygen atoms in total. The molecule has 0 spiro atoms. The van der Waals surface area contributed by atoms with Crippen molar-refractivity contribution in [3.05, 3.63) is 90.1 Å². The number of benzene rings is 2. The molecule has 9 amide bonds. The van der Waals surface area contributed by atoms with Crippen LogP contribution in [0.15, 0.2) is 73.3 Å². The van der Waals surface area contributed by atoms with Gasteiger partial charge >= 0.3 is 0 Å². The lowest BCUT2D eigenvalue weighted by Gasteiger charge is -2.27. The number of hydrogen-bond acceptors (Lipinski definition) is 12. The molecule has 2 aromatic heterocycles. The lowest BCUT2D eigenvalue weighted by atomic mass is 10.0. The van der Waals surface area contributed by atoms with Gasteiger partial charge in [0.2, 0.25) is 53.2 Å². The summed E-state index contributed by atoms with van der Waals surface area (Å²) in [4.78, 5) is 130. The first-order valence-corrected chi connectivity index (χ1v) is 25.7. The molecule has 0 aliphatic rings. The molecule has 76 heavy (non-hydrogen) atoms. The summed E-state index contributed by atoms with van der Waals surface area (Å²) in [6.45, 7) is 10.1. The summed E-state index contributed by atoms with van der Waals surface area (Å²) in [5.74, 6) is -6.78. The number of nitrogens with one attached hydrogen (secondary N) is 9. The number of nitrogens with two attached hydrogens (primary N) is 3. The Balaban J connectivity index is 1.43. The van der Waals surface area contributed by atoms with Crippen molar-refractivity contribution in [2.24, 2.45) is 29.0 Å². The number of primary amides is 2. The normalized spacial score (nSPS) is 14.5. The Hall–Kier alpha value is -7.66. The highest BCUT2D eigenvalue weighted by molar-refractivity contribution is 5.97. The first-order chi connectivity index (χ1) is 36.1. The number of hydrogen-bond donors (Lipinski definition) is 12. The maximum absolute atomic E-state index is 14.2. The van der Waals surface area contributed by atoms with E-state index in [1.165, 1.54) is 19.4 Å². The van der Waals surface area contributed by atoms with Crippen LogP contribution in [0, 0.1) is 11.8 Å². The molecule has 23 heteroatoms. The fourth-order valence-electron chi connectivity index (χ4n) is 8.31. The molecule has 0 unspecified atom stereocenters. The van der Waals surface area contributed by atoms with Crippen LogP contribution in [0.2, 0.25) is 0 Å². The van der Waals surface area contributed by atoms with E-state index >= 15 is 0 Å². The first-order valence-electron chi connectivity index (χ1n) is 25.7. The fourth-order valence-corrected chi connectivity index (χ4v) is 8.31. The van der Waals surface area contributed by atoms with Crippen LogP contribution in [0.4, 0.5) is 0 Å². The van der Waals surface area contributed by atoms with Crippen LogP contribution in [0.1, 0.15) is 96.9 Å². The van der Waals surface area contributed by atoms with E-state index in [0.717, 1.165) is 29.3 Å². The first kappa shape index (κ1) is 60.9. The Kier molecular flexibility index (Phi) is 24.6. The second-order valence-electron chi connectivity index (χ2n) is 19.8. The molecule has 414 valence electrons. The standard InChI is InChI=1S/C53H77N13O10/c1-7-8-18-43(47(56)69)76-28-36(21-30(2)3)62-52(74)42(24-35-26-57-29-60-35)63-45(68)27-59-53(75)46(31(4)5)66-48(70)32(6)61-51(73)41(23-34-25-58-39-17-13-12-16-37(34)39)65-50(72)40(19-20-44(55)67)64-49(71)38(54)22-33-14-10-9-11-15-33/h9-17,25-26,29-32,36,38,40-43,46,58H,7-8,18-24,27-28,54H2,1-6H3,(H2,55,67)(H2,56,69)(H,57,60)(H,59,75)(H,61,73)(H,62,74)(H,63,68)(H,64,71)(H,65,72)(H,66,70)/t32-,36-,38+,40-,41-,42-,43-,46-/m0/s1. The number of aromatic amines is 2. The van der Waals surface area contributed by atoms with E-state index in [1.54, 1.807) is 44.3 Å². The van der Waals surface area contributed by atoms with Crippen LogP contribution in [0.25, 0.3) is 10.9 Å². The molecule has 0 aliphatic heterocycles. The smallest absolute Gasteiger partial charge is 0.246 e. The zero-order valence-electron chi connectivity index (χ0n) is 44.2. The van der Waals surface area contributed by atoms with Gasteiger partial charge in [-0.25, -0.2) is 4.98 Å². The zero-order valence-corrected chi connectivity index (χ0v) is 44.2. The number of ether oxygens (including phenoxy) is 1. The summed E-state index contributed by atoms with van der Waals surface area (Å²) in [5.41, 5.74) is 20.0. The van der Waals surface area contributed by atoms with E-state index < -0.39 is 114 Å². The van der Waals surface area contributed by atoms with Gasteiger partial charge in [0.15, 0.2) is 0 Å². The van der Waals surface area contributed by atoms with Gasteiger partial charge in [0.1, 0.15) is 36.3 Å². The third-order valence-electron chi connectivity index (χ3n) is 12.5. The molecular formula is C53H77N13O10. The molecule has 8 atom stereocenters. The monoisotopic (exact) mass is 1060 g/mol. The number of fused-ring (bicyclic) bond motifs is 1. The summed E-state index contributed by atoms with van der Waals surface area (Å²) in [5, 5.41) is 19.5.